The number of halogens is 2. The minimum atomic E-state index is -0.219. The van der Waals surface area contributed by atoms with Gasteiger partial charge in [-0.3, -0.25) is 4.79 Å². The molecule has 0 unspecified atom stereocenters. The number of hydrogen-bond acceptors (Lipinski definition) is 4. The highest BCUT2D eigenvalue weighted by Crippen LogP contribution is 2.40. The van der Waals surface area contributed by atoms with Crippen LogP contribution in [-0.4, -0.2) is 39.2 Å². The summed E-state index contributed by atoms with van der Waals surface area (Å²) in [6.45, 7) is 0.368. The van der Waals surface area contributed by atoms with E-state index in [9.17, 15) is 4.79 Å². The molecule has 0 bridgehead atoms. The van der Waals surface area contributed by atoms with Crippen molar-refractivity contribution in [2.45, 2.75) is 6.54 Å². The summed E-state index contributed by atoms with van der Waals surface area (Å²) in [6, 6.07) is 8.58. The van der Waals surface area contributed by atoms with Crippen LogP contribution in [0.25, 0.3) is 0 Å². The Morgan fingerprint density at radius 3 is 2.20 bits per heavy atom. The molecule has 0 N–H and O–H groups in total. The summed E-state index contributed by atoms with van der Waals surface area (Å²) in [5.41, 5.74) is 1.24. The second-order valence-electron chi connectivity index (χ2n) is 5.29. The molecule has 2 aromatic carbocycles. The fourth-order valence-electron chi connectivity index (χ4n) is 2.46. The predicted molar refractivity (Wildman–Crippen MR) is 98.4 cm³/mol. The average molecular weight is 384 g/mol. The van der Waals surface area contributed by atoms with E-state index in [1.807, 2.05) is 6.07 Å². The van der Waals surface area contributed by atoms with Gasteiger partial charge in [-0.1, -0.05) is 29.3 Å². The third-order valence-corrected chi connectivity index (χ3v) is 4.42. The van der Waals surface area contributed by atoms with Gasteiger partial charge in [0.15, 0.2) is 11.5 Å². The molecule has 0 aliphatic carbocycles. The number of carbonyl (C=O) groups excluding carboxylic acids is 1. The summed E-state index contributed by atoms with van der Waals surface area (Å²) >= 11 is 12.0. The molecular weight excluding hydrogens is 365 g/mol. The van der Waals surface area contributed by atoms with Crippen molar-refractivity contribution in [2.75, 3.05) is 28.4 Å². The summed E-state index contributed by atoms with van der Waals surface area (Å²) in [5, 5.41) is 0.921. The van der Waals surface area contributed by atoms with E-state index >= 15 is 0 Å². The molecule has 0 spiro atoms. The van der Waals surface area contributed by atoms with Gasteiger partial charge in [0, 0.05) is 13.6 Å². The van der Waals surface area contributed by atoms with Crippen molar-refractivity contribution in [1.29, 1.82) is 0 Å². The number of rotatable bonds is 6. The van der Waals surface area contributed by atoms with Crippen molar-refractivity contribution in [3.05, 3.63) is 51.5 Å². The molecule has 0 fully saturated rings. The van der Waals surface area contributed by atoms with E-state index in [4.69, 9.17) is 37.4 Å². The Balaban J connectivity index is 2.31. The van der Waals surface area contributed by atoms with Crippen molar-refractivity contribution in [3.63, 3.8) is 0 Å². The quantitative estimate of drug-likeness (QED) is 0.746. The highest BCUT2D eigenvalue weighted by atomic mass is 35.5. The number of ether oxygens (including phenoxy) is 3. The smallest absolute Gasteiger partial charge is 0.257 e. The van der Waals surface area contributed by atoms with E-state index in [1.165, 1.54) is 21.3 Å². The van der Waals surface area contributed by atoms with Gasteiger partial charge in [-0.25, -0.2) is 0 Å². The normalized spacial score (nSPS) is 10.3. The fraction of sp³-hybridized carbons (Fsp3) is 0.278. The van der Waals surface area contributed by atoms with Crippen LogP contribution in [0.2, 0.25) is 10.0 Å². The molecule has 0 heterocycles. The summed E-state index contributed by atoms with van der Waals surface area (Å²) in [5.74, 6) is 0.971. The second kappa shape index (κ2) is 8.32. The number of hydrogen-bond donors (Lipinski definition) is 0. The molecule has 0 aliphatic rings. The van der Waals surface area contributed by atoms with Crippen molar-refractivity contribution < 1.29 is 19.0 Å². The zero-order chi connectivity index (χ0) is 18.6. The molecule has 0 aromatic heterocycles. The molecule has 0 saturated carbocycles. The summed E-state index contributed by atoms with van der Waals surface area (Å²) < 4.78 is 15.9. The molecule has 1 amide bonds. The molecule has 5 nitrogen and oxygen atoms in total. The topological polar surface area (TPSA) is 48.0 Å². The lowest BCUT2D eigenvalue weighted by Crippen LogP contribution is -2.26. The first-order valence-electron chi connectivity index (χ1n) is 7.41. The molecule has 2 aromatic rings. The van der Waals surface area contributed by atoms with Crippen LogP contribution in [0.15, 0.2) is 30.3 Å². The molecule has 2 rings (SSSR count). The summed E-state index contributed by atoms with van der Waals surface area (Å²) in [4.78, 5) is 14.4. The lowest BCUT2D eigenvalue weighted by molar-refractivity contribution is 0.0781. The van der Waals surface area contributed by atoms with Gasteiger partial charge in [-0.2, -0.15) is 0 Å². The van der Waals surface area contributed by atoms with Crippen LogP contribution in [0.4, 0.5) is 0 Å². The van der Waals surface area contributed by atoms with Gasteiger partial charge in [-0.15, -0.1) is 0 Å². The van der Waals surface area contributed by atoms with Crippen LogP contribution in [0, 0.1) is 0 Å². The number of amides is 1. The van der Waals surface area contributed by atoms with Crippen molar-refractivity contribution in [2.24, 2.45) is 0 Å². The molecule has 0 radical (unpaired) electrons. The maximum atomic E-state index is 12.8. The SMILES string of the molecule is COc1ccc(C(=O)N(C)Cc2ccc(Cl)c(Cl)c2)c(OC)c1OC. The maximum absolute atomic E-state index is 12.8. The van der Waals surface area contributed by atoms with Crippen LogP contribution >= 0.6 is 23.2 Å². The van der Waals surface area contributed by atoms with Gasteiger partial charge < -0.3 is 19.1 Å². The van der Waals surface area contributed by atoms with Crippen LogP contribution in [-0.2, 0) is 6.54 Å². The lowest BCUT2D eigenvalue weighted by atomic mass is 10.1. The number of benzene rings is 2. The van der Waals surface area contributed by atoms with E-state index in [2.05, 4.69) is 0 Å². The van der Waals surface area contributed by atoms with Crippen molar-refractivity contribution >= 4 is 29.1 Å². The van der Waals surface area contributed by atoms with Crippen molar-refractivity contribution in [3.8, 4) is 17.2 Å². The van der Waals surface area contributed by atoms with Gasteiger partial charge >= 0.3 is 0 Å². The summed E-state index contributed by atoms with van der Waals surface area (Å²) in [7, 11) is 6.19. The minimum Gasteiger partial charge on any atom is -0.493 e. The van der Waals surface area contributed by atoms with Crippen LogP contribution in [0.5, 0.6) is 17.2 Å². The number of carbonyl (C=O) groups is 1. The molecule has 134 valence electrons. The van der Waals surface area contributed by atoms with Gasteiger partial charge in [0.1, 0.15) is 0 Å². The first kappa shape index (κ1) is 19.2. The van der Waals surface area contributed by atoms with Crippen LogP contribution < -0.4 is 14.2 Å². The van der Waals surface area contributed by atoms with Gasteiger partial charge in [-0.05, 0) is 29.8 Å². The van der Waals surface area contributed by atoms with Gasteiger partial charge in [0.25, 0.3) is 5.91 Å². The monoisotopic (exact) mass is 383 g/mol. The molecule has 0 atom stereocenters. The highest BCUT2D eigenvalue weighted by molar-refractivity contribution is 6.42. The molecular formula is C18H19Cl2NO4. The Morgan fingerprint density at radius 2 is 1.64 bits per heavy atom. The van der Waals surface area contributed by atoms with E-state index in [-0.39, 0.29) is 5.91 Å². The zero-order valence-corrected chi connectivity index (χ0v) is 15.9. The Bertz CT molecular complexity index is 780. The Kier molecular flexibility index (Phi) is 6.39. The van der Waals surface area contributed by atoms with Crippen molar-refractivity contribution in [1.82, 2.24) is 4.90 Å². The van der Waals surface area contributed by atoms with Gasteiger partial charge in [0.05, 0.1) is 36.9 Å². The lowest BCUT2D eigenvalue weighted by Gasteiger charge is -2.21. The number of methoxy groups -OCH3 is 3. The Morgan fingerprint density at radius 1 is 0.960 bits per heavy atom. The third kappa shape index (κ3) is 4.11. The Labute approximate surface area is 157 Å². The third-order valence-electron chi connectivity index (χ3n) is 3.69. The van der Waals surface area contributed by atoms with E-state index in [0.29, 0.717) is 39.4 Å². The van der Waals surface area contributed by atoms with Crippen LogP contribution in [0.1, 0.15) is 15.9 Å². The maximum Gasteiger partial charge on any atom is 0.257 e. The molecule has 25 heavy (non-hydrogen) atoms. The average Bonchev–Trinajstić information content (AvgIpc) is 2.62. The molecule has 0 saturated heterocycles. The largest absolute Gasteiger partial charge is 0.493 e. The summed E-state index contributed by atoms with van der Waals surface area (Å²) in [6.07, 6.45) is 0. The van der Waals surface area contributed by atoms with E-state index < -0.39 is 0 Å². The second-order valence-corrected chi connectivity index (χ2v) is 6.11. The molecule has 0 aliphatic heterocycles. The van der Waals surface area contributed by atoms with Crippen LogP contribution in [0.3, 0.4) is 0 Å². The standard InChI is InChI=1S/C18H19Cl2NO4/c1-21(10-11-5-7-13(19)14(20)9-11)18(22)12-6-8-15(23-2)17(25-4)16(12)24-3/h5-9H,10H2,1-4H3. The predicted octanol–water partition coefficient (Wildman–Crippen LogP) is 4.29. The highest BCUT2D eigenvalue weighted by Gasteiger charge is 2.23. The first-order chi connectivity index (χ1) is 11.9. The van der Waals surface area contributed by atoms with Gasteiger partial charge in [0.2, 0.25) is 5.75 Å². The molecule has 7 heteroatoms. The Hall–Kier alpha value is -2.11. The zero-order valence-electron chi connectivity index (χ0n) is 14.4. The van der Waals surface area contributed by atoms with E-state index in [0.717, 1.165) is 5.56 Å². The first-order valence-corrected chi connectivity index (χ1v) is 8.16. The fourth-order valence-corrected chi connectivity index (χ4v) is 2.78. The minimum absolute atomic E-state index is 0.219. The number of nitrogens with zero attached hydrogens (tertiary/aromatic N) is 1. The van der Waals surface area contributed by atoms with E-state index in [1.54, 1.807) is 36.2 Å².